The largest absolute Gasteiger partial charge is 0.488 e. The summed E-state index contributed by atoms with van der Waals surface area (Å²) in [6, 6.07) is 22.1. The number of aliphatic imine (C=N–C) groups is 1. The van der Waals surface area contributed by atoms with Gasteiger partial charge in [0.05, 0.1) is 15.1 Å². The Balaban J connectivity index is 1.43. The first-order valence-corrected chi connectivity index (χ1v) is 12.0. The van der Waals surface area contributed by atoms with E-state index in [2.05, 4.69) is 76.5 Å². The van der Waals surface area contributed by atoms with E-state index in [1.54, 1.807) is 0 Å². The van der Waals surface area contributed by atoms with Gasteiger partial charge in [-0.25, -0.2) is 4.99 Å². The molecule has 0 saturated carbocycles. The number of hydrogen-bond donors (Lipinski definition) is 1. The SMILES string of the molecule is CCc1ccc(N=C2NC(=O)/C(=C/c3ccc(OCc4ccc(C)cc4)c(Br)c3)S2)cc1. The number of halogens is 1. The standard InChI is InChI=1S/C26H23BrN2O2S/c1-3-18-8-11-21(12-9-18)28-26-29-25(30)24(32-26)15-20-10-13-23(22(27)14-20)31-16-19-6-4-17(2)5-7-19/h4-15H,3,16H2,1-2H3,(H,28,29,30)/b24-15-. The summed E-state index contributed by atoms with van der Waals surface area (Å²) in [4.78, 5) is 17.5. The maximum Gasteiger partial charge on any atom is 0.264 e. The van der Waals surface area contributed by atoms with Gasteiger partial charge < -0.3 is 10.1 Å². The molecule has 0 bridgehead atoms. The second kappa shape index (κ2) is 10.2. The lowest BCUT2D eigenvalue weighted by molar-refractivity contribution is -0.115. The van der Waals surface area contributed by atoms with E-state index in [1.165, 1.54) is 22.9 Å². The van der Waals surface area contributed by atoms with Crippen molar-refractivity contribution in [2.24, 2.45) is 4.99 Å². The van der Waals surface area contributed by atoms with Gasteiger partial charge >= 0.3 is 0 Å². The van der Waals surface area contributed by atoms with E-state index in [0.29, 0.717) is 16.7 Å². The zero-order valence-corrected chi connectivity index (χ0v) is 20.3. The quantitative estimate of drug-likeness (QED) is 0.374. The molecule has 0 aromatic heterocycles. The Labute approximate surface area is 200 Å². The van der Waals surface area contributed by atoms with Gasteiger partial charge in [-0.15, -0.1) is 0 Å². The fourth-order valence-corrected chi connectivity index (χ4v) is 4.48. The Kier molecular flexibility index (Phi) is 7.12. The number of carbonyl (C=O) groups is 1. The number of nitrogens with zero attached hydrogens (tertiary/aromatic N) is 1. The van der Waals surface area contributed by atoms with Gasteiger partial charge in [0, 0.05) is 0 Å². The van der Waals surface area contributed by atoms with Crippen LogP contribution in [0.5, 0.6) is 5.75 Å². The Bertz CT molecular complexity index is 1190. The summed E-state index contributed by atoms with van der Waals surface area (Å²) < 4.78 is 6.78. The van der Waals surface area contributed by atoms with Crippen LogP contribution in [0.15, 0.2) is 81.1 Å². The third-order valence-electron chi connectivity index (χ3n) is 4.99. The monoisotopic (exact) mass is 506 g/mol. The van der Waals surface area contributed by atoms with E-state index in [0.717, 1.165) is 33.5 Å². The molecule has 1 saturated heterocycles. The molecule has 3 aromatic rings. The van der Waals surface area contributed by atoms with Crippen molar-refractivity contribution in [2.45, 2.75) is 26.9 Å². The highest BCUT2D eigenvalue weighted by Crippen LogP contribution is 2.31. The van der Waals surface area contributed by atoms with E-state index in [9.17, 15) is 4.79 Å². The maximum absolute atomic E-state index is 12.4. The maximum atomic E-state index is 12.4. The second-order valence-corrected chi connectivity index (χ2v) is 9.35. The molecule has 6 heteroatoms. The number of aryl methyl sites for hydroxylation is 2. The molecular weight excluding hydrogens is 484 g/mol. The van der Waals surface area contributed by atoms with E-state index >= 15 is 0 Å². The summed E-state index contributed by atoms with van der Waals surface area (Å²) in [6.07, 6.45) is 2.85. The summed E-state index contributed by atoms with van der Waals surface area (Å²) in [5.41, 5.74) is 5.33. The van der Waals surface area contributed by atoms with Crippen molar-refractivity contribution in [1.82, 2.24) is 5.32 Å². The number of nitrogens with one attached hydrogen (secondary N) is 1. The number of amidine groups is 1. The molecule has 1 aliphatic heterocycles. The molecule has 1 fully saturated rings. The highest BCUT2D eigenvalue weighted by atomic mass is 79.9. The third-order valence-corrected chi connectivity index (χ3v) is 6.52. The second-order valence-electron chi connectivity index (χ2n) is 7.47. The van der Waals surface area contributed by atoms with Crippen LogP contribution in [0, 0.1) is 6.92 Å². The van der Waals surface area contributed by atoms with E-state index in [1.807, 2.05) is 36.4 Å². The predicted molar refractivity (Wildman–Crippen MR) is 136 cm³/mol. The van der Waals surface area contributed by atoms with Gasteiger partial charge in [0.25, 0.3) is 5.91 Å². The molecule has 3 aromatic carbocycles. The van der Waals surface area contributed by atoms with Crippen LogP contribution < -0.4 is 10.1 Å². The normalized spacial score (nSPS) is 15.9. The molecule has 162 valence electrons. The van der Waals surface area contributed by atoms with Crippen LogP contribution in [-0.2, 0) is 17.8 Å². The first-order valence-electron chi connectivity index (χ1n) is 10.4. The molecule has 0 atom stereocenters. The van der Waals surface area contributed by atoms with Crippen LogP contribution in [-0.4, -0.2) is 11.1 Å². The zero-order chi connectivity index (χ0) is 22.5. The zero-order valence-electron chi connectivity index (χ0n) is 17.9. The molecule has 1 amide bonds. The molecule has 0 spiro atoms. The highest BCUT2D eigenvalue weighted by Gasteiger charge is 2.23. The third kappa shape index (κ3) is 5.69. The lowest BCUT2D eigenvalue weighted by Gasteiger charge is -2.09. The van der Waals surface area contributed by atoms with Crippen LogP contribution >= 0.6 is 27.7 Å². The average Bonchev–Trinajstić information content (AvgIpc) is 3.13. The number of ether oxygens (including phenoxy) is 1. The van der Waals surface area contributed by atoms with Crippen molar-refractivity contribution in [2.75, 3.05) is 0 Å². The lowest BCUT2D eigenvalue weighted by atomic mass is 10.1. The number of carbonyl (C=O) groups excluding carboxylic acids is 1. The molecule has 1 aliphatic rings. The van der Waals surface area contributed by atoms with Gasteiger partial charge in [0.1, 0.15) is 12.4 Å². The van der Waals surface area contributed by atoms with Crippen LogP contribution in [0.3, 0.4) is 0 Å². The molecule has 4 nitrogen and oxygen atoms in total. The van der Waals surface area contributed by atoms with Gasteiger partial charge in [0.15, 0.2) is 5.17 Å². The van der Waals surface area contributed by atoms with E-state index in [4.69, 9.17) is 4.74 Å². The van der Waals surface area contributed by atoms with Crippen molar-refractivity contribution >= 4 is 50.5 Å². The average molecular weight is 507 g/mol. The molecule has 1 heterocycles. The number of amides is 1. The molecular formula is C26H23BrN2O2S. The molecule has 0 unspecified atom stereocenters. The van der Waals surface area contributed by atoms with Gasteiger partial charge in [-0.2, -0.15) is 0 Å². The number of benzene rings is 3. The molecule has 32 heavy (non-hydrogen) atoms. The summed E-state index contributed by atoms with van der Waals surface area (Å²) >= 11 is 4.92. The Morgan fingerprint density at radius 1 is 1.03 bits per heavy atom. The van der Waals surface area contributed by atoms with Gasteiger partial charge in [-0.05, 0) is 88.1 Å². The topological polar surface area (TPSA) is 50.7 Å². The van der Waals surface area contributed by atoms with Crippen LogP contribution in [0.1, 0.15) is 29.2 Å². The van der Waals surface area contributed by atoms with E-state index < -0.39 is 0 Å². The number of rotatable bonds is 6. The summed E-state index contributed by atoms with van der Waals surface area (Å²) in [7, 11) is 0. The Hall–Kier alpha value is -2.83. The van der Waals surface area contributed by atoms with Crippen LogP contribution in [0.25, 0.3) is 6.08 Å². The van der Waals surface area contributed by atoms with Crippen LogP contribution in [0.2, 0.25) is 0 Å². The lowest BCUT2D eigenvalue weighted by Crippen LogP contribution is -2.19. The minimum atomic E-state index is -0.144. The van der Waals surface area contributed by atoms with Gasteiger partial charge in [-0.1, -0.05) is 55.0 Å². The fourth-order valence-electron chi connectivity index (χ4n) is 3.12. The van der Waals surface area contributed by atoms with Crippen LogP contribution in [0.4, 0.5) is 5.69 Å². The summed E-state index contributed by atoms with van der Waals surface area (Å²) in [5.74, 6) is 0.615. The predicted octanol–water partition coefficient (Wildman–Crippen LogP) is 6.79. The fraction of sp³-hybridized carbons (Fsp3) is 0.154. The minimum absolute atomic E-state index is 0.144. The minimum Gasteiger partial charge on any atom is -0.488 e. The Morgan fingerprint density at radius 2 is 1.75 bits per heavy atom. The highest BCUT2D eigenvalue weighted by molar-refractivity contribution is 9.10. The molecule has 0 aliphatic carbocycles. The number of thioether (sulfide) groups is 1. The molecule has 4 rings (SSSR count). The first kappa shape index (κ1) is 22.4. The number of hydrogen-bond acceptors (Lipinski definition) is 4. The van der Waals surface area contributed by atoms with Gasteiger partial charge in [0.2, 0.25) is 0 Å². The Morgan fingerprint density at radius 3 is 2.44 bits per heavy atom. The van der Waals surface area contributed by atoms with Crippen molar-refractivity contribution in [1.29, 1.82) is 0 Å². The van der Waals surface area contributed by atoms with E-state index in [-0.39, 0.29) is 5.91 Å². The van der Waals surface area contributed by atoms with Crippen molar-refractivity contribution in [3.8, 4) is 5.75 Å². The van der Waals surface area contributed by atoms with Gasteiger partial charge in [-0.3, -0.25) is 4.79 Å². The first-order chi connectivity index (χ1) is 15.5. The summed E-state index contributed by atoms with van der Waals surface area (Å²) in [6.45, 7) is 4.68. The van der Waals surface area contributed by atoms with Crippen molar-refractivity contribution < 1.29 is 9.53 Å². The summed E-state index contributed by atoms with van der Waals surface area (Å²) in [5, 5.41) is 3.42. The van der Waals surface area contributed by atoms with Crippen molar-refractivity contribution in [3.63, 3.8) is 0 Å². The molecule has 1 N–H and O–H groups in total. The molecule has 0 radical (unpaired) electrons. The smallest absolute Gasteiger partial charge is 0.264 e. The van der Waals surface area contributed by atoms with Crippen molar-refractivity contribution in [3.05, 3.63) is 98.4 Å².